The van der Waals surface area contributed by atoms with Crippen LogP contribution in [0.15, 0.2) is 18.3 Å². The van der Waals surface area contributed by atoms with Crippen LogP contribution in [0.2, 0.25) is 0 Å². The molecule has 0 aromatic carbocycles. The fourth-order valence-electron chi connectivity index (χ4n) is 1.88. The third-order valence-electron chi connectivity index (χ3n) is 3.14. The molecule has 122 valence electrons. The number of amides is 1. The van der Waals surface area contributed by atoms with Crippen molar-refractivity contribution in [2.24, 2.45) is 11.5 Å². The van der Waals surface area contributed by atoms with Crippen LogP contribution in [-0.4, -0.2) is 45.7 Å². The molecule has 1 aromatic rings. The van der Waals surface area contributed by atoms with E-state index in [2.05, 4.69) is 10.3 Å². The summed E-state index contributed by atoms with van der Waals surface area (Å²) in [4.78, 5) is 27.0. The van der Waals surface area contributed by atoms with Gasteiger partial charge in [-0.15, -0.1) is 0 Å². The van der Waals surface area contributed by atoms with E-state index in [1.165, 1.54) is 12.3 Å². The maximum absolute atomic E-state index is 12.0. The Morgan fingerprint density at radius 2 is 2.05 bits per heavy atom. The Bertz CT molecular complexity index is 492. The van der Waals surface area contributed by atoms with E-state index in [-0.39, 0.29) is 12.2 Å². The fraction of sp³-hybridized carbons (Fsp3) is 0.500. The summed E-state index contributed by atoms with van der Waals surface area (Å²) >= 11 is 0. The number of carbonyl (C=O) groups is 2. The number of nitrogens with two attached hydrogens (primary N) is 2. The Morgan fingerprint density at radius 1 is 1.32 bits per heavy atom. The van der Waals surface area contributed by atoms with Gasteiger partial charge in [0.25, 0.3) is 0 Å². The first-order chi connectivity index (χ1) is 10.4. The average molecular weight is 310 g/mol. The molecule has 7 N–H and O–H groups in total. The molecule has 0 aliphatic rings. The first-order valence-electron chi connectivity index (χ1n) is 7.06. The maximum Gasteiger partial charge on any atom is 0.326 e. The number of nitrogens with one attached hydrogen (secondary N) is 1. The van der Waals surface area contributed by atoms with Crippen LogP contribution in [0.1, 0.15) is 25.0 Å². The maximum atomic E-state index is 12.0. The minimum absolute atomic E-state index is 0.0209. The molecule has 1 aromatic heterocycles. The molecule has 0 aliphatic carbocycles. The van der Waals surface area contributed by atoms with Crippen LogP contribution < -0.4 is 16.8 Å². The number of hydrogen-bond donors (Lipinski definition) is 5. The number of carbonyl (C=O) groups excluding carboxylic acids is 1. The van der Waals surface area contributed by atoms with Crippen LogP contribution in [0.4, 0.5) is 0 Å². The molecule has 1 rings (SSSR count). The van der Waals surface area contributed by atoms with Crippen molar-refractivity contribution in [1.82, 2.24) is 10.3 Å². The number of nitrogens with zero attached hydrogens (tertiary/aromatic N) is 1. The van der Waals surface area contributed by atoms with Gasteiger partial charge in [0.15, 0.2) is 0 Å². The van der Waals surface area contributed by atoms with E-state index in [4.69, 9.17) is 21.7 Å². The molecule has 0 saturated carbocycles. The van der Waals surface area contributed by atoms with Gasteiger partial charge in [0.1, 0.15) is 11.8 Å². The highest BCUT2D eigenvalue weighted by atomic mass is 16.4. The Hall–Kier alpha value is -2.19. The Balaban J connectivity index is 2.53. The SMILES string of the molecule is NCCCCC(NC(=O)C(N)Cc1ccc(O)cn1)C(=O)O. The number of aromatic hydroxyl groups is 1. The van der Waals surface area contributed by atoms with Crippen LogP contribution in [0.5, 0.6) is 5.75 Å². The monoisotopic (exact) mass is 310 g/mol. The highest BCUT2D eigenvalue weighted by Crippen LogP contribution is 2.08. The summed E-state index contributed by atoms with van der Waals surface area (Å²) in [7, 11) is 0. The highest BCUT2D eigenvalue weighted by molar-refractivity contribution is 5.86. The number of rotatable bonds is 9. The summed E-state index contributed by atoms with van der Waals surface area (Å²) in [5.74, 6) is -1.62. The van der Waals surface area contributed by atoms with Crippen molar-refractivity contribution >= 4 is 11.9 Å². The van der Waals surface area contributed by atoms with Gasteiger partial charge in [-0.05, 0) is 37.9 Å². The molecular weight excluding hydrogens is 288 g/mol. The van der Waals surface area contributed by atoms with Crippen molar-refractivity contribution in [2.75, 3.05) is 6.54 Å². The van der Waals surface area contributed by atoms with Crippen LogP contribution in [-0.2, 0) is 16.0 Å². The molecular formula is C14H22N4O4. The average Bonchev–Trinajstić information content (AvgIpc) is 2.48. The second-order valence-electron chi connectivity index (χ2n) is 5.00. The highest BCUT2D eigenvalue weighted by Gasteiger charge is 2.23. The lowest BCUT2D eigenvalue weighted by atomic mass is 10.1. The van der Waals surface area contributed by atoms with E-state index >= 15 is 0 Å². The van der Waals surface area contributed by atoms with Crippen molar-refractivity contribution in [1.29, 1.82) is 0 Å². The van der Waals surface area contributed by atoms with Crippen molar-refractivity contribution < 1.29 is 19.8 Å². The van der Waals surface area contributed by atoms with Gasteiger partial charge < -0.3 is 27.0 Å². The third kappa shape index (κ3) is 6.06. The normalized spacial score (nSPS) is 13.4. The molecule has 8 nitrogen and oxygen atoms in total. The minimum atomic E-state index is -1.10. The molecule has 0 spiro atoms. The Labute approximate surface area is 128 Å². The van der Waals surface area contributed by atoms with Gasteiger partial charge in [0, 0.05) is 12.1 Å². The van der Waals surface area contributed by atoms with E-state index < -0.39 is 24.0 Å². The van der Waals surface area contributed by atoms with E-state index in [0.717, 1.165) is 0 Å². The molecule has 2 atom stereocenters. The zero-order valence-corrected chi connectivity index (χ0v) is 12.2. The molecule has 0 aliphatic heterocycles. The molecule has 1 amide bonds. The first-order valence-corrected chi connectivity index (χ1v) is 7.06. The van der Waals surface area contributed by atoms with Gasteiger partial charge in [-0.2, -0.15) is 0 Å². The van der Waals surface area contributed by atoms with Crippen LogP contribution in [0, 0.1) is 0 Å². The molecule has 1 heterocycles. The van der Waals surface area contributed by atoms with Crippen LogP contribution >= 0.6 is 0 Å². The van der Waals surface area contributed by atoms with Gasteiger partial charge in [-0.3, -0.25) is 9.78 Å². The molecule has 8 heteroatoms. The number of pyridine rings is 1. The molecule has 0 bridgehead atoms. The van der Waals surface area contributed by atoms with E-state index in [1.807, 2.05) is 0 Å². The smallest absolute Gasteiger partial charge is 0.326 e. The van der Waals surface area contributed by atoms with Crippen molar-refractivity contribution in [2.45, 2.75) is 37.8 Å². The third-order valence-corrected chi connectivity index (χ3v) is 3.14. The lowest BCUT2D eigenvalue weighted by molar-refractivity contribution is -0.142. The number of aromatic nitrogens is 1. The van der Waals surface area contributed by atoms with Gasteiger partial charge in [0.2, 0.25) is 5.91 Å². The summed E-state index contributed by atoms with van der Waals surface area (Å²) in [6, 6.07) is 1.12. The lowest BCUT2D eigenvalue weighted by Gasteiger charge is -2.17. The fourth-order valence-corrected chi connectivity index (χ4v) is 1.88. The molecule has 2 unspecified atom stereocenters. The van der Waals surface area contributed by atoms with Crippen LogP contribution in [0.25, 0.3) is 0 Å². The summed E-state index contributed by atoms with van der Waals surface area (Å²) in [5.41, 5.74) is 11.7. The number of aliphatic carboxylic acids is 1. The summed E-state index contributed by atoms with van der Waals surface area (Å²) < 4.78 is 0. The second kappa shape index (κ2) is 8.96. The van der Waals surface area contributed by atoms with E-state index in [9.17, 15) is 9.59 Å². The number of carboxylic acids is 1. The standard InChI is InChI=1S/C14H22N4O4/c15-6-2-1-3-12(14(21)22)18-13(20)11(16)7-9-4-5-10(19)8-17-9/h4-5,8,11-12,19H,1-3,6-7,15-16H2,(H,18,20)(H,21,22). The molecule has 0 saturated heterocycles. The van der Waals surface area contributed by atoms with Gasteiger partial charge in [0.05, 0.1) is 12.2 Å². The second-order valence-corrected chi connectivity index (χ2v) is 5.00. The predicted molar refractivity (Wildman–Crippen MR) is 80.1 cm³/mol. The van der Waals surface area contributed by atoms with Crippen molar-refractivity contribution in [3.8, 4) is 5.75 Å². The van der Waals surface area contributed by atoms with E-state index in [1.54, 1.807) is 6.07 Å². The largest absolute Gasteiger partial charge is 0.506 e. The summed E-state index contributed by atoms with van der Waals surface area (Å²) in [6.45, 7) is 0.478. The zero-order chi connectivity index (χ0) is 16.5. The minimum Gasteiger partial charge on any atom is -0.506 e. The number of unbranched alkanes of at least 4 members (excludes halogenated alkanes) is 1. The number of hydrogen-bond acceptors (Lipinski definition) is 6. The first kappa shape index (κ1) is 17.9. The quantitative estimate of drug-likeness (QED) is 0.380. The van der Waals surface area contributed by atoms with Gasteiger partial charge in [-0.25, -0.2) is 4.79 Å². The van der Waals surface area contributed by atoms with Gasteiger partial charge >= 0.3 is 5.97 Å². The topological polar surface area (TPSA) is 152 Å². The van der Waals surface area contributed by atoms with Crippen LogP contribution in [0.3, 0.4) is 0 Å². The molecule has 0 radical (unpaired) electrons. The molecule has 22 heavy (non-hydrogen) atoms. The lowest BCUT2D eigenvalue weighted by Crippen LogP contribution is -2.49. The summed E-state index contributed by atoms with van der Waals surface area (Å²) in [6.07, 6.45) is 3.03. The zero-order valence-electron chi connectivity index (χ0n) is 12.2. The Morgan fingerprint density at radius 3 is 2.59 bits per heavy atom. The van der Waals surface area contributed by atoms with E-state index in [0.29, 0.717) is 31.5 Å². The predicted octanol–water partition coefficient (Wildman–Crippen LogP) is -0.645. The summed E-state index contributed by atoms with van der Waals surface area (Å²) in [5, 5.41) is 20.7. The number of carboxylic acid groups (broad SMARTS) is 1. The van der Waals surface area contributed by atoms with Crippen molar-refractivity contribution in [3.63, 3.8) is 0 Å². The van der Waals surface area contributed by atoms with Crippen molar-refractivity contribution in [3.05, 3.63) is 24.0 Å². The Kier molecular flexibility index (Phi) is 7.27. The van der Waals surface area contributed by atoms with Gasteiger partial charge in [-0.1, -0.05) is 0 Å². The molecule has 0 fully saturated rings.